The van der Waals surface area contributed by atoms with Crippen LogP contribution in [0, 0.1) is 0 Å². The molecule has 0 radical (unpaired) electrons. The van der Waals surface area contributed by atoms with Crippen LogP contribution < -0.4 is 10.6 Å². The zero-order valence-electron chi connectivity index (χ0n) is 17.5. The van der Waals surface area contributed by atoms with Crippen LogP contribution in [0.1, 0.15) is 39.5 Å². The standard InChI is InChI=1S/C21H19Cl2N5O4S/c1-11(24-19(30)12-6-7-15(22)16(23)9-12)18-26-27-21(28(18)2)33-10-17(29)25-14-5-3-4-13(8-14)20(31)32/h3-9,11H,10H2,1-2H3,(H,24,30)(H,25,29)(H,31,32)/t11-/m1/s1. The SMILES string of the molecule is C[C@@H](NC(=O)c1ccc(Cl)c(Cl)c1)c1nnc(SCC(=O)Nc2cccc(C(=O)O)c2)n1C. The number of benzene rings is 2. The first kappa shape index (κ1) is 24.6. The summed E-state index contributed by atoms with van der Waals surface area (Å²) in [4.78, 5) is 35.8. The summed E-state index contributed by atoms with van der Waals surface area (Å²) in [6.45, 7) is 1.76. The fourth-order valence-corrected chi connectivity index (χ4v) is 3.88. The minimum absolute atomic E-state index is 0.0350. The van der Waals surface area contributed by atoms with Gasteiger partial charge in [-0.05, 0) is 43.3 Å². The number of rotatable bonds is 8. The molecule has 1 atom stereocenters. The van der Waals surface area contributed by atoms with Crippen LogP contribution in [0.4, 0.5) is 5.69 Å². The van der Waals surface area contributed by atoms with Gasteiger partial charge in [-0.3, -0.25) is 9.59 Å². The van der Waals surface area contributed by atoms with Gasteiger partial charge in [-0.15, -0.1) is 10.2 Å². The molecule has 172 valence electrons. The maximum absolute atomic E-state index is 12.5. The van der Waals surface area contributed by atoms with E-state index in [1.54, 1.807) is 42.8 Å². The van der Waals surface area contributed by atoms with E-state index in [4.69, 9.17) is 28.3 Å². The van der Waals surface area contributed by atoms with Gasteiger partial charge in [-0.2, -0.15) is 0 Å². The molecular weight excluding hydrogens is 489 g/mol. The minimum atomic E-state index is -1.08. The maximum atomic E-state index is 12.5. The molecule has 3 N–H and O–H groups in total. The first-order valence-corrected chi connectivity index (χ1v) is 11.3. The van der Waals surface area contributed by atoms with Crippen molar-refractivity contribution in [2.75, 3.05) is 11.1 Å². The third-order valence-corrected chi connectivity index (χ3v) is 6.27. The van der Waals surface area contributed by atoms with Crippen LogP contribution in [-0.2, 0) is 11.8 Å². The number of halogens is 2. The summed E-state index contributed by atoms with van der Waals surface area (Å²) in [6.07, 6.45) is 0. The van der Waals surface area contributed by atoms with Gasteiger partial charge in [-0.25, -0.2) is 4.79 Å². The minimum Gasteiger partial charge on any atom is -0.478 e. The van der Waals surface area contributed by atoms with Crippen LogP contribution in [0.25, 0.3) is 0 Å². The second-order valence-electron chi connectivity index (χ2n) is 6.95. The third kappa shape index (κ3) is 6.25. The van der Waals surface area contributed by atoms with Crippen LogP contribution in [0.3, 0.4) is 0 Å². The normalized spacial score (nSPS) is 11.6. The van der Waals surface area contributed by atoms with Gasteiger partial charge in [0.25, 0.3) is 5.91 Å². The van der Waals surface area contributed by atoms with Gasteiger partial charge in [0.15, 0.2) is 11.0 Å². The highest BCUT2D eigenvalue weighted by atomic mass is 35.5. The average molecular weight is 508 g/mol. The number of amides is 2. The van der Waals surface area contributed by atoms with Crippen molar-refractivity contribution in [2.24, 2.45) is 7.05 Å². The van der Waals surface area contributed by atoms with Gasteiger partial charge < -0.3 is 20.3 Å². The van der Waals surface area contributed by atoms with Gasteiger partial charge in [0.05, 0.1) is 27.4 Å². The molecule has 0 aliphatic carbocycles. The lowest BCUT2D eigenvalue weighted by atomic mass is 10.2. The fourth-order valence-electron chi connectivity index (χ4n) is 2.87. The molecule has 0 aliphatic rings. The number of carboxylic acids is 1. The van der Waals surface area contributed by atoms with Gasteiger partial charge in [0, 0.05) is 18.3 Å². The van der Waals surface area contributed by atoms with E-state index in [0.717, 1.165) is 11.8 Å². The van der Waals surface area contributed by atoms with Crippen molar-refractivity contribution in [3.8, 4) is 0 Å². The number of carboxylic acid groups (broad SMARTS) is 1. The number of anilines is 1. The van der Waals surface area contributed by atoms with E-state index in [0.29, 0.717) is 27.3 Å². The van der Waals surface area contributed by atoms with Crippen molar-refractivity contribution < 1.29 is 19.5 Å². The highest BCUT2D eigenvalue weighted by molar-refractivity contribution is 7.99. The van der Waals surface area contributed by atoms with E-state index in [2.05, 4.69) is 20.8 Å². The molecule has 12 heteroatoms. The van der Waals surface area contributed by atoms with E-state index in [9.17, 15) is 14.4 Å². The number of hydrogen-bond acceptors (Lipinski definition) is 6. The molecule has 0 unspecified atom stereocenters. The maximum Gasteiger partial charge on any atom is 0.335 e. The number of nitrogens with zero attached hydrogens (tertiary/aromatic N) is 3. The second-order valence-corrected chi connectivity index (χ2v) is 8.70. The number of aromatic carboxylic acids is 1. The largest absolute Gasteiger partial charge is 0.478 e. The zero-order valence-corrected chi connectivity index (χ0v) is 19.8. The van der Waals surface area contributed by atoms with Crippen molar-refractivity contribution in [1.29, 1.82) is 0 Å². The number of carbonyl (C=O) groups is 3. The molecular formula is C21H19Cl2N5O4S. The van der Waals surface area contributed by atoms with E-state index >= 15 is 0 Å². The van der Waals surface area contributed by atoms with Gasteiger partial charge in [-0.1, -0.05) is 41.0 Å². The fraction of sp³-hybridized carbons (Fsp3) is 0.190. The third-order valence-electron chi connectivity index (χ3n) is 4.51. The van der Waals surface area contributed by atoms with Crippen LogP contribution in [0.5, 0.6) is 0 Å². The van der Waals surface area contributed by atoms with Crippen LogP contribution in [0.15, 0.2) is 47.6 Å². The monoisotopic (exact) mass is 507 g/mol. The van der Waals surface area contributed by atoms with Crippen molar-refractivity contribution in [3.05, 3.63) is 69.5 Å². The predicted molar refractivity (Wildman–Crippen MR) is 126 cm³/mol. The number of aromatic nitrogens is 3. The van der Waals surface area contributed by atoms with Crippen molar-refractivity contribution in [2.45, 2.75) is 18.1 Å². The Balaban J connectivity index is 1.59. The molecule has 1 aromatic heterocycles. The van der Waals surface area contributed by atoms with E-state index < -0.39 is 12.0 Å². The lowest BCUT2D eigenvalue weighted by Gasteiger charge is -2.14. The number of nitrogens with one attached hydrogen (secondary N) is 2. The molecule has 3 aromatic rings. The van der Waals surface area contributed by atoms with E-state index in [-0.39, 0.29) is 28.2 Å². The van der Waals surface area contributed by atoms with Crippen molar-refractivity contribution >= 4 is 58.4 Å². The first-order chi connectivity index (χ1) is 15.7. The summed E-state index contributed by atoms with van der Waals surface area (Å²) >= 11 is 13.0. The van der Waals surface area contributed by atoms with Gasteiger partial charge >= 0.3 is 5.97 Å². The molecule has 3 rings (SSSR count). The lowest BCUT2D eigenvalue weighted by Crippen LogP contribution is -2.28. The van der Waals surface area contributed by atoms with E-state index in [1.165, 1.54) is 18.2 Å². The highest BCUT2D eigenvalue weighted by Crippen LogP contribution is 2.24. The highest BCUT2D eigenvalue weighted by Gasteiger charge is 2.19. The summed E-state index contributed by atoms with van der Waals surface area (Å²) < 4.78 is 1.68. The molecule has 0 spiro atoms. The van der Waals surface area contributed by atoms with Crippen LogP contribution in [-0.4, -0.2) is 43.4 Å². The molecule has 0 aliphatic heterocycles. The summed E-state index contributed by atoms with van der Waals surface area (Å²) in [6, 6.07) is 10.1. The number of hydrogen-bond donors (Lipinski definition) is 3. The van der Waals surface area contributed by atoms with Gasteiger partial charge in [0.2, 0.25) is 5.91 Å². The molecule has 33 heavy (non-hydrogen) atoms. The molecule has 0 fully saturated rings. The number of carbonyl (C=O) groups excluding carboxylic acids is 2. The average Bonchev–Trinajstić information content (AvgIpc) is 3.14. The summed E-state index contributed by atoms with van der Waals surface area (Å²) in [5.74, 6) is -1.21. The Bertz CT molecular complexity index is 1220. The molecule has 0 bridgehead atoms. The summed E-state index contributed by atoms with van der Waals surface area (Å²) in [5.41, 5.74) is 0.824. The summed E-state index contributed by atoms with van der Waals surface area (Å²) in [5, 5.41) is 23.8. The Hall–Kier alpha value is -3.08. The molecule has 1 heterocycles. The lowest BCUT2D eigenvalue weighted by molar-refractivity contribution is -0.113. The van der Waals surface area contributed by atoms with Crippen LogP contribution >= 0.6 is 35.0 Å². The topological polar surface area (TPSA) is 126 Å². The second kappa shape index (κ2) is 10.7. The molecule has 2 aromatic carbocycles. The summed E-state index contributed by atoms with van der Waals surface area (Å²) in [7, 11) is 1.73. The molecule has 0 saturated heterocycles. The molecule has 9 nitrogen and oxygen atoms in total. The van der Waals surface area contributed by atoms with Crippen molar-refractivity contribution in [3.63, 3.8) is 0 Å². The Morgan fingerprint density at radius 3 is 2.55 bits per heavy atom. The van der Waals surface area contributed by atoms with Gasteiger partial charge in [0.1, 0.15) is 0 Å². The predicted octanol–water partition coefficient (Wildman–Crippen LogP) is 4.04. The Labute approximate surface area is 203 Å². The Kier molecular flexibility index (Phi) is 7.96. The quantitative estimate of drug-likeness (QED) is 0.392. The smallest absolute Gasteiger partial charge is 0.335 e. The first-order valence-electron chi connectivity index (χ1n) is 9.57. The van der Waals surface area contributed by atoms with E-state index in [1.807, 2.05) is 0 Å². The van der Waals surface area contributed by atoms with Crippen molar-refractivity contribution in [1.82, 2.24) is 20.1 Å². The Morgan fingerprint density at radius 2 is 1.85 bits per heavy atom. The number of thioether (sulfide) groups is 1. The zero-order chi connectivity index (χ0) is 24.1. The molecule has 0 saturated carbocycles. The Morgan fingerprint density at radius 1 is 1.09 bits per heavy atom. The molecule has 2 amide bonds. The van der Waals surface area contributed by atoms with Crippen LogP contribution in [0.2, 0.25) is 10.0 Å².